The predicted octanol–water partition coefficient (Wildman–Crippen LogP) is 2.50. The SMILES string of the molecule is Cc1cc(C(=O)NC2CCN(C(=O)OC(C)(C)C)C(C)C2)no1. The minimum atomic E-state index is -0.507. The molecule has 1 aromatic rings. The summed E-state index contributed by atoms with van der Waals surface area (Å²) in [5, 5.41) is 6.66. The summed E-state index contributed by atoms with van der Waals surface area (Å²) in [6.45, 7) is 9.81. The second kappa shape index (κ2) is 6.60. The van der Waals surface area contributed by atoms with Gasteiger partial charge in [0.2, 0.25) is 0 Å². The topological polar surface area (TPSA) is 84.7 Å². The van der Waals surface area contributed by atoms with Crippen molar-refractivity contribution in [2.75, 3.05) is 6.54 Å². The summed E-state index contributed by atoms with van der Waals surface area (Å²) in [6.07, 6.45) is 1.07. The molecule has 1 saturated heterocycles. The zero-order valence-electron chi connectivity index (χ0n) is 14.4. The fraction of sp³-hybridized carbons (Fsp3) is 0.688. The summed E-state index contributed by atoms with van der Waals surface area (Å²) in [5.74, 6) is 0.355. The number of hydrogen-bond donors (Lipinski definition) is 1. The highest BCUT2D eigenvalue weighted by Gasteiger charge is 2.32. The number of ether oxygens (including phenoxy) is 1. The van der Waals surface area contributed by atoms with E-state index in [0.717, 1.165) is 0 Å². The highest BCUT2D eigenvalue weighted by molar-refractivity contribution is 5.92. The van der Waals surface area contributed by atoms with Gasteiger partial charge in [-0.2, -0.15) is 0 Å². The Morgan fingerprint density at radius 3 is 2.65 bits per heavy atom. The third-order valence-corrected chi connectivity index (χ3v) is 3.70. The van der Waals surface area contributed by atoms with Crippen LogP contribution >= 0.6 is 0 Å². The number of carbonyl (C=O) groups excluding carboxylic acids is 2. The van der Waals surface area contributed by atoms with E-state index in [-0.39, 0.29) is 29.8 Å². The Hall–Kier alpha value is -2.05. The first-order valence-corrected chi connectivity index (χ1v) is 7.89. The second-order valence-corrected chi connectivity index (χ2v) is 7.04. The van der Waals surface area contributed by atoms with Gasteiger partial charge in [0.1, 0.15) is 11.4 Å². The molecular formula is C16H25N3O4. The summed E-state index contributed by atoms with van der Waals surface area (Å²) >= 11 is 0. The highest BCUT2D eigenvalue weighted by atomic mass is 16.6. The molecule has 2 amide bonds. The Morgan fingerprint density at radius 2 is 2.13 bits per heavy atom. The van der Waals surface area contributed by atoms with Gasteiger partial charge in [-0.1, -0.05) is 5.16 Å². The number of hydrogen-bond acceptors (Lipinski definition) is 5. The fourth-order valence-corrected chi connectivity index (χ4v) is 2.63. The number of carbonyl (C=O) groups is 2. The van der Waals surface area contributed by atoms with Crippen LogP contribution in [0.5, 0.6) is 0 Å². The maximum Gasteiger partial charge on any atom is 0.410 e. The molecule has 7 nitrogen and oxygen atoms in total. The largest absolute Gasteiger partial charge is 0.444 e. The van der Waals surface area contributed by atoms with Gasteiger partial charge < -0.3 is 19.5 Å². The second-order valence-electron chi connectivity index (χ2n) is 7.04. The summed E-state index contributed by atoms with van der Waals surface area (Å²) in [7, 11) is 0. The van der Waals surface area contributed by atoms with Crippen LogP contribution in [0.3, 0.4) is 0 Å². The molecule has 1 aliphatic heterocycles. The number of amides is 2. The van der Waals surface area contributed by atoms with Crippen molar-refractivity contribution < 1.29 is 18.8 Å². The Balaban J connectivity index is 1.88. The van der Waals surface area contributed by atoms with Gasteiger partial charge in [-0.15, -0.1) is 0 Å². The van der Waals surface area contributed by atoms with Gasteiger partial charge in [-0.25, -0.2) is 4.79 Å². The van der Waals surface area contributed by atoms with Gasteiger partial charge in [-0.3, -0.25) is 4.79 Å². The predicted molar refractivity (Wildman–Crippen MR) is 84.1 cm³/mol. The van der Waals surface area contributed by atoms with Gasteiger partial charge >= 0.3 is 6.09 Å². The number of nitrogens with one attached hydrogen (secondary N) is 1. The first-order chi connectivity index (χ1) is 10.7. The molecule has 2 heterocycles. The van der Waals surface area contributed by atoms with Crippen molar-refractivity contribution in [3.63, 3.8) is 0 Å². The molecule has 0 aromatic carbocycles. The lowest BCUT2D eigenvalue weighted by molar-refractivity contribution is 0.00959. The van der Waals surface area contributed by atoms with Gasteiger partial charge in [0.15, 0.2) is 5.69 Å². The van der Waals surface area contributed by atoms with Crippen molar-refractivity contribution in [3.05, 3.63) is 17.5 Å². The summed E-state index contributed by atoms with van der Waals surface area (Å²) in [6, 6.07) is 1.62. The molecule has 2 unspecified atom stereocenters. The first kappa shape index (κ1) is 17.3. The van der Waals surface area contributed by atoms with E-state index in [1.165, 1.54) is 0 Å². The number of likely N-dealkylation sites (tertiary alicyclic amines) is 1. The molecule has 0 bridgehead atoms. The molecule has 0 saturated carbocycles. The lowest BCUT2D eigenvalue weighted by Gasteiger charge is -2.38. The molecule has 7 heteroatoms. The highest BCUT2D eigenvalue weighted by Crippen LogP contribution is 2.21. The minimum Gasteiger partial charge on any atom is -0.444 e. The molecule has 0 spiro atoms. The van der Waals surface area contributed by atoms with E-state index in [1.54, 1.807) is 17.9 Å². The minimum absolute atomic E-state index is 0.00273. The van der Waals surface area contributed by atoms with Crippen LogP contribution in [0, 0.1) is 6.92 Å². The average Bonchev–Trinajstić information content (AvgIpc) is 2.83. The molecule has 1 aliphatic rings. The first-order valence-electron chi connectivity index (χ1n) is 7.89. The maximum absolute atomic E-state index is 12.2. The lowest BCUT2D eigenvalue weighted by Crippen LogP contribution is -2.52. The molecule has 0 radical (unpaired) electrons. The van der Waals surface area contributed by atoms with Gasteiger partial charge in [0, 0.05) is 24.7 Å². The number of aryl methyl sites for hydroxylation is 1. The van der Waals surface area contributed by atoms with Crippen molar-refractivity contribution in [1.29, 1.82) is 0 Å². The zero-order chi connectivity index (χ0) is 17.2. The van der Waals surface area contributed by atoms with Gasteiger partial charge in [-0.05, 0) is 47.5 Å². The van der Waals surface area contributed by atoms with Crippen molar-refractivity contribution in [2.24, 2.45) is 0 Å². The fourth-order valence-electron chi connectivity index (χ4n) is 2.63. The molecule has 2 rings (SSSR count). The van der Waals surface area contributed by atoms with E-state index >= 15 is 0 Å². The summed E-state index contributed by atoms with van der Waals surface area (Å²) in [5.41, 5.74) is -0.225. The number of nitrogens with zero attached hydrogens (tertiary/aromatic N) is 2. The van der Waals surface area contributed by atoms with E-state index < -0.39 is 5.60 Å². The van der Waals surface area contributed by atoms with Crippen molar-refractivity contribution in [3.8, 4) is 0 Å². The molecule has 128 valence electrons. The Morgan fingerprint density at radius 1 is 1.43 bits per heavy atom. The van der Waals surface area contributed by atoms with E-state index in [0.29, 0.717) is 25.1 Å². The van der Waals surface area contributed by atoms with Crippen molar-refractivity contribution in [1.82, 2.24) is 15.4 Å². The van der Waals surface area contributed by atoms with E-state index in [2.05, 4.69) is 10.5 Å². The van der Waals surface area contributed by atoms with Gasteiger partial charge in [0.25, 0.3) is 5.91 Å². The van der Waals surface area contributed by atoms with E-state index in [9.17, 15) is 9.59 Å². The van der Waals surface area contributed by atoms with Crippen LogP contribution in [0.15, 0.2) is 10.6 Å². The molecule has 2 atom stereocenters. The van der Waals surface area contributed by atoms with Crippen LogP contribution in [0.4, 0.5) is 4.79 Å². The van der Waals surface area contributed by atoms with Crippen molar-refractivity contribution in [2.45, 2.75) is 65.1 Å². The molecule has 1 N–H and O–H groups in total. The number of aromatic nitrogens is 1. The standard InChI is InChI=1S/C16H25N3O4/c1-10-8-12(17-14(20)13-9-11(2)23-18-13)6-7-19(10)15(21)22-16(3,4)5/h9-10,12H,6-8H2,1-5H3,(H,17,20). The Bertz CT molecular complexity index is 576. The van der Waals surface area contributed by atoms with Crippen LogP contribution in [0.25, 0.3) is 0 Å². The smallest absolute Gasteiger partial charge is 0.410 e. The Kier molecular flexibility index (Phi) is 4.97. The van der Waals surface area contributed by atoms with Crippen LogP contribution in [0.2, 0.25) is 0 Å². The van der Waals surface area contributed by atoms with E-state index in [1.807, 2.05) is 27.7 Å². The van der Waals surface area contributed by atoms with E-state index in [4.69, 9.17) is 9.26 Å². The molecular weight excluding hydrogens is 298 g/mol. The quantitative estimate of drug-likeness (QED) is 0.904. The Labute approximate surface area is 136 Å². The van der Waals surface area contributed by atoms with Crippen LogP contribution < -0.4 is 5.32 Å². The zero-order valence-corrected chi connectivity index (χ0v) is 14.4. The number of piperidine rings is 1. The van der Waals surface area contributed by atoms with Crippen molar-refractivity contribution >= 4 is 12.0 Å². The molecule has 23 heavy (non-hydrogen) atoms. The number of rotatable bonds is 2. The van der Waals surface area contributed by atoms with Crippen LogP contribution in [-0.4, -0.2) is 46.3 Å². The molecule has 1 aromatic heterocycles. The summed E-state index contributed by atoms with van der Waals surface area (Å²) in [4.78, 5) is 26.0. The van der Waals surface area contributed by atoms with Crippen LogP contribution in [0.1, 0.15) is 56.8 Å². The molecule has 1 fully saturated rings. The lowest BCUT2D eigenvalue weighted by atomic mass is 9.98. The monoisotopic (exact) mass is 323 g/mol. The summed E-state index contributed by atoms with van der Waals surface area (Å²) < 4.78 is 10.3. The third kappa shape index (κ3) is 4.71. The third-order valence-electron chi connectivity index (χ3n) is 3.70. The average molecular weight is 323 g/mol. The van der Waals surface area contributed by atoms with Gasteiger partial charge in [0.05, 0.1) is 0 Å². The maximum atomic E-state index is 12.2. The van der Waals surface area contributed by atoms with Crippen LogP contribution in [-0.2, 0) is 4.74 Å². The molecule has 0 aliphatic carbocycles. The normalized spacial score (nSPS) is 21.9.